The minimum Gasteiger partial charge on any atom is -0.383 e. The van der Waals surface area contributed by atoms with E-state index in [9.17, 15) is 0 Å². The highest BCUT2D eigenvalue weighted by Gasteiger charge is 2.40. The number of nitrogens with zero attached hydrogens (tertiary/aromatic N) is 6. The number of anilines is 1. The number of imidazole rings is 1. The molecule has 2 atom stereocenters. The van der Waals surface area contributed by atoms with Crippen LogP contribution in [0.5, 0.6) is 0 Å². The highest BCUT2D eigenvalue weighted by molar-refractivity contribution is 5.88. The molecular weight excluding hydrogens is 404 g/mol. The van der Waals surface area contributed by atoms with E-state index >= 15 is 0 Å². The molecule has 32 heavy (non-hydrogen) atoms. The molecule has 0 radical (unpaired) electrons. The summed E-state index contributed by atoms with van der Waals surface area (Å²) >= 11 is 0. The fraction of sp³-hybridized carbons (Fsp3) is 0.375. The maximum atomic E-state index is 5.83. The second-order valence-corrected chi connectivity index (χ2v) is 8.61. The molecule has 0 aliphatic carbocycles. The molecule has 0 amide bonds. The summed E-state index contributed by atoms with van der Waals surface area (Å²) in [6.07, 6.45) is 5.21. The maximum absolute atomic E-state index is 5.83. The van der Waals surface area contributed by atoms with Gasteiger partial charge in [0.25, 0.3) is 0 Å². The second-order valence-electron chi connectivity index (χ2n) is 8.61. The van der Waals surface area contributed by atoms with Crippen molar-refractivity contribution in [2.45, 2.75) is 32.0 Å². The van der Waals surface area contributed by atoms with Gasteiger partial charge in [-0.15, -0.1) is 0 Å². The lowest BCUT2D eigenvalue weighted by molar-refractivity contribution is 0.0992. The van der Waals surface area contributed by atoms with E-state index in [0.29, 0.717) is 25.3 Å². The summed E-state index contributed by atoms with van der Waals surface area (Å²) in [4.78, 5) is 12.1. The van der Waals surface area contributed by atoms with E-state index in [1.165, 1.54) is 5.56 Å². The third-order valence-corrected chi connectivity index (χ3v) is 6.42. The summed E-state index contributed by atoms with van der Waals surface area (Å²) < 4.78 is 15.0. The molecule has 6 rings (SSSR count). The lowest BCUT2D eigenvalue weighted by Gasteiger charge is -2.29. The van der Waals surface area contributed by atoms with Gasteiger partial charge >= 0.3 is 0 Å². The molecule has 5 heterocycles. The van der Waals surface area contributed by atoms with E-state index in [1.54, 1.807) is 7.11 Å². The van der Waals surface area contributed by atoms with Gasteiger partial charge < -0.3 is 18.9 Å². The fourth-order valence-electron chi connectivity index (χ4n) is 4.80. The van der Waals surface area contributed by atoms with Crippen molar-refractivity contribution in [2.75, 3.05) is 31.8 Å². The smallest absolute Gasteiger partial charge is 0.164 e. The molecular formula is C24H26N6O2. The van der Waals surface area contributed by atoms with Crippen molar-refractivity contribution in [3.63, 3.8) is 0 Å². The first-order valence-electron chi connectivity index (χ1n) is 11.1. The van der Waals surface area contributed by atoms with Crippen molar-refractivity contribution in [1.82, 2.24) is 24.3 Å². The first-order chi connectivity index (χ1) is 15.7. The standard InChI is InChI=1S/C24H26N6O2/c1-16-4-3-5-17(10-16)20-6-7-30(27-20)22-12-21(29-13-19-11-18(29)14-32-19)23-24(26-22)28(15-25-23)8-9-31-2/h3-7,10,12,15,18-19H,8-9,11,13-14H2,1-2H3/t18-,19-/m1/s1. The van der Waals surface area contributed by atoms with Crippen LogP contribution in [0, 0.1) is 6.92 Å². The summed E-state index contributed by atoms with van der Waals surface area (Å²) in [6, 6.07) is 12.9. The van der Waals surface area contributed by atoms with E-state index in [2.05, 4.69) is 46.7 Å². The predicted octanol–water partition coefficient (Wildman–Crippen LogP) is 3.22. The average Bonchev–Trinajstić information content (AvgIpc) is 3.61. The molecule has 4 aromatic rings. The van der Waals surface area contributed by atoms with Crippen LogP contribution in [0.3, 0.4) is 0 Å². The minimum atomic E-state index is 0.305. The van der Waals surface area contributed by atoms with Crippen LogP contribution in [0.25, 0.3) is 28.2 Å². The Morgan fingerprint density at radius 1 is 1.22 bits per heavy atom. The zero-order valence-corrected chi connectivity index (χ0v) is 18.3. The van der Waals surface area contributed by atoms with Crippen LogP contribution < -0.4 is 4.90 Å². The third kappa shape index (κ3) is 3.27. The van der Waals surface area contributed by atoms with Crippen LogP contribution in [0.2, 0.25) is 0 Å². The molecule has 8 nitrogen and oxygen atoms in total. The van der Waals surface area contributed by atoms with Crippen LogP contribution in [-0.4, -0.2) is 63.3 Å². The van der Waals surface area contributed by atoms with Gasteiger partial charge in [0.2, 0.25) is 0 Å². The molecule has 8 heteroatoms. The Bertz CT molecular complexity index is 1280. The quantitative estimate of drug-likeness (QED) is 0.468. The second kappa shape index (κ2) is 7.72. The minimum absolute atomic E-state index is 0.305. The number of methoxy groups -OCH3 is 1. The van der Waals surface area contributed by atoms with Crippen molar-refractivity contribution in [3.05, 3.63) is 54.5 Å². The number of aromatic nitrogens is 5. The van der Waals surface area contributed by atoms with Crippen molar-refractivity contribution < 1.29 is 9.47 Å². The molecule has 3 aromatic heterocycles. The molecule has 1 aromatic carbocycles. The van der Waals surface area contributed by atoms with Crippen molar-refractivity contribution in [1.29, 1.82) is 0 Å². The van der Waals surface area contributed by atoms with E-state index < -0.39 is 0 Å². The van der Waals surface area contributed by atoms with Crippen LogP contribution >= 0.6 is 0 Å². The number of benzene rings is 1. The average molecular weight is 431 g/mol. The Kier molecular flexibility index (Phi) is 4.69. The van der Waals surface area contributed by atoms with Gasteiger partial charge in [0.15, 0.2) is 11.5 Å². The van der Waals surface area contributed by atoms with E-state index in [-0.39, 0.29) is 0 Å². The van der Waals surface area contributed by atoms with Crippen LogP contribution in [0.4, 0.5) is 5.69 Å². The highest BCUT2D eigenvalue weighted by atomic mass is 16.5. The number of aryl methyl sites for hydroxylation is 1. The van der Waals surface area contributed by atoms with E-state index in [4.69, 9.17) is 24.5 Å². The molecule has 0 unspecified atom stereocenters. The predicted molar refractivity (Wildman–Crippen MR) is 122 cm³/mol. The molecule has 0 N–H and O–H groups in total. The van der Waals surface area contributed by atoms with Gasteiger partial charge in [-0.2, -0.15) is 5.10 Å². The molecule has 0 spiro atoms. The Balaban J connectivity index is 1.45. The Labute approximate surface area is 186 Å². The SMILES string of the molecule is COCCn1cnc2c(N3C[C@H]4C[C@@H]3CO4)cc(-n3ccc(-c4cccc(C)c4)n3)nc21. The van der Waals surface area contributed by atoms with Crippen LogP contribution in [0.1, 0.15) is 12.0 Å². The molecule has 0 saturated carbocycles. The Morgan fingerprint density at radius 2 is 2.16 bits per heavy atom. The number of pyridine rings is 1. The molecule has 2 fully saturated rings. The van der Waals surface area contributed by atoms with Crippen molar-refractivity contribution >= 4 is 16.9 Å². The first-order valence-corrected chi connectivity index (χ1v) is 11.1. The zero-order chi connectivity index (χ0) is 21.7. The molecule has 2 bridgehead atoms. The number of hydrogen-bond acceptors (Lipinski definition) is 6. The number of morpholine rings is 1. The van der Waals surface area contributed by atoms with Gasteiger partial charge in [0, 0.05) is 38.0 Å². The van der Waals surface area contributed by atoms with Crippen molar-refractivity contribution in [2.24, 2.45) is 0 Å². The summed E-state index contributed by atoms with van der Waals surface area (Å²) in [5.41, 5.74) is 6.12. The van der Waals surface area contributed by atoms with Crippen LogP contribution in [-0.2, 0) is 16.0 Å². The normalized spacial score (nSPS) is 20.0. The first kappa shape index (κ1) is 19.5. The van der Waals surface area contributed by atoms with Gasteiger partial charge in [-0.05, 0) is 25.5 Å². The summed E-state index contributed by atoms with van der Waals surface area (Å²) in [6.45, 7) is 5.06. The number of rotatable bonds is 6. The summed E-state index contributed by atoms with van der Waals surface area (Å²) in [7, 11) is 1.71. The monoisotopic (exact) mass is 430 g/mol. The number of ether oxygens (including phenoxy) is 2. The largest absolute Gasteiger partial charge is 0.383 e. The molecule has 2 aliphatic rings. The summed E-state index contributed by atoms with van der Waals surface area (Å²) in [5, 5.41) is 4.85. The molecule has 164 valence electrons. The highest BCUT2D eigenvalue weighted by Crippen LogP contribution is 2.36. The number of fused-ring (bicyclic) bond motifs is 3. The Hall–Kier alpha value is -3.23. The van der Waals surface area contributed by atoms with Gasteiger partial charge in [-0.1, -0.05) is 23.8 Å². The topological polar surface area (TPSA) is 70.2 Å². The lowest BCUT2D eigenvalue weighted by atomic mass is 10.1. The van der Waals surface area contributed by atoms with Gasteiger partial charge in [0.05, 0.1) is 43.1 Å². The zero-order valence-electron chi connectivity index (χ0n) is 18.3. The third-order valence-electron chi connectivity index (χ3n) is 6.42. The fourth-order valence-corrected chi connectivity index (χ4v) is 4.80. The molecule has 2 saturated heterocycles. The van der Waals surface area contributed by atoms with Crippen molar-refractivity contribution in [3.8, 4) is 17.1 Å². The van der Waals surface area contributed by atoms with Crippen LogP contribution in [0.15, 0.2) is 48.9 Å². The molecule has 2 aliphatic heterocycles. The maximum Gasteiger partial charge on any atom is 0.164 e. The Morgan fingerprint density at radius 3 is 2.94 bits per heavy atom. The van der Waals surface area contributed by atoms with E-state index in [0.717, 1.165) is 53.5 Å². The summed E-state index contributed by atoms with van der Waals surface area (Å²) in [5.74, 6) is 0.786. The lowest BCUT2D eigenvalue weighted by Crippen LogP contribution is -2.37. The van der Waals surface area contributed by atoms with E-state index in [1.807, 2.05) is 23.3 Å². The van der Waals surface area contributed by atoms with Gasteiger partial charge in [-0.3, -0.25) is 0 Å². The number of hydrogen-bond donors (Lipinski definition) is 0. The van der Waals surface area contributed by atoms with Gasteiger partial charge in [-0.25, -0.2) is 14.6 Å². The van der Waals surface area contributed by atoms with Gasteiger partial charge in [0.1, 0.15) is 5.52 Å².